The number of para-hydroxylation sites is 1. The summed E-state index contributed by atoms with van der Waals surface area (Å²) < 4.78 is 4.77. The monoisotopic (exact) mass is 244 g/mol. The Morgan fingerprint density at radius 3 is 3.00 bits per heavy atom. The third kappa shape index (κ3) is 2.17. The molecule has 1 unspecified atom stereocenters. The number of benzene rings is 1. The minimum absolute atomic E-state index is 0.0823. The molecule has 0 N–H and O–H groups in total. The number of aryl methyl sites for hydroxylation is 1. The first-order chi connectivity index (χ1) is 8.67. The summed E-state index contributed by atoms with van der Waals surface area (Å²) in [6.45, 7) is 3.41. The van der Waals surface area contributed by atoms with Gasteiger partial charge in [0.15, 0.2) is 0 Å². The van der Waals surface area contributed by atoms with Gasteiger partial charge < -0.3 is 9.64 Å². The third-order valence-corrected chi connectivity index (χ3v) is 3.40. The lowest BCUT2D eigenvalue weighted by atomic mass is 10.1. The van der Waals surface area contributed by atoms with Crippen molar-refractivity contribution in [1.82, 2.24) is 0 Å². The maximum atomic E-state index is 11.5. The number of carbonyl (C=O) groups is 1. The molecule has 4 heteroatoms. The highest BCUT2D eigenvalue weighted by atomic mass is 16.5. The second-order valence-electron chi connectivity index (χ2n) is 4.54. The van der Waals surface area contributed by atoms with Gasteiger partial charge in [-0.05, 0) is 25.0 Å². The first-order valence-corrected chi connectivity index (χ1v) is 6.00. The summed E-state index contributed by atoms with van der Waals surface area (Å²) in [6.07, 6.45) is 0.784. The Labute approximate surface area is 107 Å². The second kappa shape index (κ2) is 5.09. The molecular weight excluding hydrogens is 228 g/mol. The summed E-state index contributed by atoms with van der Waals surface area (Å²) >= 11 is 0. The standard InChI is InChI=1S/C14H16N2O2/c1-10-4-3-5-11(8-15)13(10)16-7-6-12(9-16)14(17)18-2/h3-5,12H,6-7,9H2,1-2H3. The lowest BCUT2D eigenvalue weighted by Gasteiger charge is -2.21. The highest BCUT2D eigenvalue weighted by Crippen LogP contribution is 2.30. The van der Waals surface area contributed by atoms with Crippen molar-refractivity contribution in [3.63, 3.8) is 0 Å². The Balaban J connectivity index is 2.25. The molecule has 94 valence electrons. The fraction of sp³-hybridized carbons (Fsp3) is 0.429. The highest BCUT2D eigenvalue weighted by molar-refractivity contribution is 5.75. The number of methoxy groups -OCH3 is 1. The number of hydrogen-bond acceptors (Lipinski definition) is 4. The smallest absolute Gasteiger partial charge is 0.310 e. The van der Waals surface area contributed by atoms with Crippen LogP contribution in [0.25, 0.3) is 0 Å². The summed E-state index contributed by atoms with van der Waals surface area (Å²) in [4.78, 5) is 13.6. The van der Waals surface area contributed by atoms with E-state index in [-0.39, 0.29) is 11.9 Å². The zero-order valence-electron chi connectivity index (χ0n) is 10.6. The van der Waals surface area contributed by atoms with Gasteiger partial charge in [-0.15, -0.1) is 0 Å². The molecule has 1 fully saturated rings. The fourth-order valence-electron chi connectivity index (χ4n) is 2.49. The number of nitrogens with zero attached hydrogens (tertiary/aromatic N) is 2. The summed E-state index contributed by atoms with van der Waals surface area (Å²) in [6, 6.07) is 7.89. The van der Waals surface area contributed by atoms with Gasteiger partial charge in [0.2, 0.25) is 0 Å². The third-order valence-electron chi connectivity index (χ3n) is 3.40. The molecule has 2 rings (SSSR count). The van der Waals surface area contributed by atoms with Crippen molar-refractivity contribution < 1.29 is 9.53 Å². The first-order valence-electron chi connectivity index (χ1n) is 6.00. The van der Waals surface area contributed by atoms with Crippen LogP contribution in [-0.2, 0) is 9.53 Å². The van der Waals surface area contributed by atoms with Crippen LogP contribution in [0.5, 0.6) is 0 Å². The average molecular weight is 244 g/mol. The van der Waals surface area contributed by atoms with E-state index < -0.39 is 0 Å². The van der Waals surface area contributed by atoms with Gasteiger partial charge in [0.1, 0.15) is 6.07 Å². The number of rotatable bonds is 2. The maximum absolute atomic E-state index is 11.5. The van der Waals surface area contributed by atoms with E-state index in [0.29, 0.717) is 12.1 Å². The molecule has 0 aromatic heterocycles. The van der Waals surface area contributed by atoms with E-state index in [2.05, 4.69) is 11.0 Å². The number of carbonyl (C=O) groups excluding carboxylic acids is 1. The Morgan fingerprint density at radius 2 is 2.33 bits per heavy atom. The van der Waals surface area contributed by atoms with Gasteiger partial charge in [-0.1, -0.05) is 12.1 Å². The van der Waals surface area contributed by atoms with Crippen LogP contribution in [0.1, 0.15) is 17.5 Å². The summed E-state index contributed by atoms with van der Waals surface area (Å²) in [5.74, 6) is -0.245. The molecule has 1 heterocycles. The number of esters is 1. The molecule has 0 spiro atoms. The van der Waals surface area contributed by atoms with E-state index in [9.17, 15) is 4.79 Å². The SMILES string of the molecule is COC(=O)C1CCN(c2c(C)cccc2C#N)C1. The minimum atomic E-state index is -0.162. The van der Waals surface area contributed by atoms with E-state index in [4.69, 9.17) is 10.00 Å². The largest absolute Gasteiger partial charge is 0.469 e. The minimum Gasteiger partial charge on any atom is -0.469 e. The van der Waals surface area contributed by atoms with Gasteiger partial charge in [-0.25, -0.2) is 0 Å². The van der Waals surface area contributed by atoms with Crippen LogP contribution in [0.2, 0.25) is 0 Å². The van der Waals surface area contributed by atoms with Crippen molar-refractivity contribution >= 4 is 11.7 Å². The predicted molar refractivity (Wildman–Crippen MR) is 68.2 cm³/mol. The molecule has 1 aliphatic rings. The molecule has 0 aliphatic carbocycles. The predicted octanol–water partition coefficient (Wildman–Crippen LogP) is 1.87. The first kappa shape index (κ1) is 12.4. The Kier molecular flexibility index (Phi) is 3.52. The van der Waals surface area contributed by atoms with Gasteiger partial charge in [0.25, 0.3) is 0 Å². The zero-order valence-corrected chi connectivity index (χ0v) is 10.6. The molecule has 1 saturated heterocycles. The number of ether oxygens (including phenoxy) is 1. The summed E-state index contributed by atoms with van der Waals surface area (Å²) in [7, 11) is 1.42. The normalized spacial score (nSPS) is 18.5. The van der Waals surface area contributed by atoms with Crippen LogP contribution >= 0.6 is 0 Å². The van der Waals surface area contributed by atoms with Gasteiger partial charge >= 0.3 is 5.97 Å². The zero-order chi connectivity index (χ0) is 13.1. The number of nitriles is 1. The highest BCUT2D eigenvalue weighted by Gasteiger charge is 2.30. The molecule has 18 heavy (non-hydrogen) atoms. The summed E-state index contributed by atoms with van der Waals surface area (Å²) in [5, 5.41) is 9.16. The Hall–Kier alpha value is -2.02. The molecular formula is C14H16N2O2. The molecule has 1 aromatic rings. The van der Waals surface area contributed by atoms with E-state index >= 15 is 0 Å². The summed E-state index contributed by atoms with van der Waals surface area (Å²) in [5.41, 5.74) is 2.69. The van der Waals surface area contributed by atoms with Crippen LogP contribution in [0, 0.1) is 24.2 Å². The van der Waals surface area contributed by atoms with E-state index in [1.807, 2.05) is 25.1 Å². The molecule has 0 saturated carbocycles. The molecule has 4 nitrogen and oxygen atoms in total. The molecule has 0 bridgehead atoms. The quantitative estimate of drug-likeness (QED) is 0.745. The maximum Gasteiger partial charge on any atom is 0.310 e. The number of anilines is 1. The van der Waals surface area contributed by atoms with Crippen molar-refractivity contribution in [2.45, 2.75) is 13.3 Å². The van der Waals surface area contributed by atoms with Crippen LogP contribution in [0.3, 0.4) is 0 Å². The molecule has 0 radical (unpaired) electrons. The van der Waals surface area contributed by atoms with Crippen molar-refractivity contribution in [2.24, 2.45) is 5.92 Å². The topological polar surface area (TPSA) is 53.3 Å². The van der Waals surface area contributed by atoms with Gasteiger partial charge in [-0.2, -0.15) is 5.26 Å². The van der Waals surface area contributed by atoms with E-state index in [1.165, 1.54) is 7.11 Å². The van der Waals surface area contributed by atoms with Crippen LogP contribution in [0.15, 0.2) is 18.2 Å². The van der Waals surface area contributed by atoms with Crippen molar-refractivity contribution in [1.29, 1.82) is 5.26 Å². The average Bonchev–Trinajstić information content (AvgIpc) is 2.86. The van der Waals surface area contributed by atoms with Crippen molar-refractivity contribution in [2.75, 3.05) is 25.1 Å². The Morgan fingerprint density at radius 1 is 1.56 bits per heavy atom. The lowest BCUT2D eigenvalue weighted by molar-refractivity contribution is -0.144. The Bertz CT molecular complexity index is 505. The van der Waals surface area contributed by atoms with Crippen LogP contribution in [-0.4, -0.2) is 26.2 Å². The lowest BCUT2D eigenvalue weighted by Crippen LogP contribution is -2.24. The van der Waals surface area contributed by atoms with Crippen molar-refractivity contribution in [3.8, 4) is 6.07 Å². The van der Waals surface area contributed by atoms with E-state index in [1.54, 1.807) is 0 Å². The molecule has 1 aromatic carbocycles. The van der Waals surface area contributed by atoms with Gasteiger partial charge in [0.05, 0.1) is 24.3 Å². The van der Waals surface area contributed by atoms with Crippen LogP contribution < -0.4 is 4.90 Å². The van der Waals surface area contributed by atoms with Gasteiger partial charge in [-0.3, -0.25) is 4.79 Å². The second-order valence-corrected chi connectivity index (χ2v) is 4.54. The molecule has 0 amide bonds. The molecule has 1 aliphatic heterocycles. The number of hydrogen-bond donors (Lipinski definition) is 0. The molecule has 1 atom stereocenters. The van der Waals surface area contributed by atoms with Gasteiger partial charge in [0, 0.05) is 13.1 Å². The fourth-order valence-corrected chi connectivity index (χ4v) is 2.49. The van der Waals surface area contributed by atoms with Crippen molar-refractivity contribution in [3.05, 3.63) is 29.3 Å². The van der Waals surface area contributed by atoms with E-state index in [0.717, 1.165) is 24.2 Å². The van der Waals surface area contributed by atoms with Crippen LogP contribution in [0.4, 0.5) is 5.69 Å².